The van der Waals surface area contributed by atoms with Gasteiger partial charge in [-0.25, -0.2) is 0 Å². The maximum absolute atomic E-state index is 11.4. The van der Waals surface area contributed by atoms with Crippen LogP contribution in [0.25, 0.3) is 0 Å². The molecule has 0 bridgehead atoms. The van der Waals surface area contributed by atoms with Crippen molar-refractivity contribution in [3.8, 4) is 11.5 Å². The highest BCUT2D eigenvalue weighted by Crippen LogP contribution is 2.19. The zero-order valence-corrected chi connectivity index (χ0v) is 11.9. The van der Waals surface area contributed by atoms with Crippen LogP contribution in [0, 0.1) is 0 Å². The molecule has 0 N–H and O–H groups in total. The fourth-order valence-electron chi connectivity index (χ4n) is 1.75. The molecule has 0 aliphatic heterocycles. The number of carbonyl (C=O) groups is 1. The molecule has 2 aromatic rings. The second-order valence-electron chi connectivity index (χ2n) is 4.21. The molecule has 0 spiro atoms. The average molecular weight is 291 g/mol. The normalized spacial score (nSPS) is 10.1. The van der Waals surface area contributed by atoms with Crippen LogP contribution in [0.4, 0.5) is 0 Å². The fraction of sp³-hybridized carbons (Fsp3) is 0.188. The number of ether oxygens (including phenoxy) is 2. The van der Waals surface area contributed by atoms with Crippen molar-refractivity contribution < 1.29 is 14.3 Å². The molecule has 0 fully saturated rings. The van der Waals surface area contributed by atoms with Gasteiger partial charge >= 0.3 is 0 Å². The van der Waals surface area contributed by atoms with Gasteiger partial charge in [0.2, 0.25) is 0 Å². The Morgan fingerprint density at radius 1 is 1.05 bits per heavy atom. The number of benzene rings is 2. The maximum atomic E-state index is 11.4. The summed E-state index contributed by atoms with van der Waals surface area (Å²) in [5, 5.41) is 0.630. The Hall–Kier alpha value is -2.00. The molecule has 0 amide bonds. The molecule has 2 aromatic carbocycles. The van der Waals surface area contributed by atoms with E-state index in [2.05, 4.69) is 0 Å². The third-order valence-corrected chi connectivity index (χ3v) is 2.91. The van der Waals surface area contributed by atoms with E-state index in [0.717, 1.165) is 0 Å². The first-order valence-corrected chi connectivity index (χ1v) is 6.66. The highest BCUT2D eigenvalue weighted by molar-refractivity contribution is 6.30. The first-order chi connectivity index (χ1) is 9.66. The van der Waals surface area contributed by atoms with Gasteiger partial charge in [-0.1, -0.05) is 29.8 Å². The summed E-state index contributed by atoms with van der Waals surface area (Å²) >= 11 is 5.86. The molecule has 104 valence electrons. The topological polar surface area (TPSA) is 35.5 Å². The second-order valence-corrected chi connectivity index (χ2v) is 4.64. The van der Waals surface area contributed by atoms with Crippen LogP contribution < -0.4 is 9.47 Å². The van der Waals surface area contributed by atoms with E-state index in [4.69, 9.17) is 21.1 Å². The Bertz CT molecular complexity index is 596. The zero-order valence-electron chi connectivity index (χ0n) is 11.1. The zero-order chi connectivity index (χ0) is 14.4. The largest absolute Gasteiger partial charge is 0.490 e. The Morgan fingerprint density at radius 2 is 1.80 bits per heavy atom. The minimum atomic E-state index is -0.0173. The van der Waals surface area contributed by atoms with Gasteiger partial charge < -0.3 is 9.47 Å². The number of ketones is 1. The molecular weight excluding hydrogens is 276 g/mol. The van der Waals surface area contributed by atoms with Crippen LogP contribution in [0.5, 0.6) is 11.5 Å². The summed E-state index contributed by atoms with van der Waals surface area (Å²) in [6.07, 6.45) is 0. The van der Waals surface area contributed by atoms with Crippen molar-refractivity contribution in [1.29, 1.82) is 0 Å². The van der Waals surface area contributed by atoms with Crippen molar-refractivity contribution in [2.75, 3.05) is 13.2 Å². The molecule has 0 unspecified atom stereocenters. The van der Waals surface area contributed by atoms with Gasteiger partial charge in [0.15, 0.2) is 5.78 Å². The molecule has 0 heterocycles. The van der Waals surface area contributed by atoms with Crippen LogP contribution >= 0.6 is 11.6 Å². The Kier molecular flexibility index (Phi) is 5.02. The fourth-order valence-corrected chi connectivity index (χ4v) is 1.93. The molecule has 20 heavy (non-hydrogen) atoms. The predicted molar refractivity (Wildman–Crippen MR) is 78.9 cm³/mol. The van der Waals surface area contributed by atoms with Crippen LogP contribution in [0.15, 0.2) is 48.5 Å². The molecule has 0 aliphatic rings. The minimum Gasteiger partial charge on any atom is -0.490 e. The van der Waals surface area contributed by atoms with E-state index in [1.165, 1.54) is 6.92 Å². The highest BCUT2D eigenvalue weighted by Gasteiger charge is 2.06. The molecule has 4 heteroatoms. The van der Waals surface area contributed by atoms with E-state index in [1.807, 2.05) is 24.3 Å². The number of rotatable bonds is 6. The number of para-hydroxylation sites is 1. The number of hydrogen-bond acceptors (Lipinski definition) is 3. The number of carbonyl (C=O) groups excluding carboxylic acids is 1. The average Bonchev–Trinajstić information content (AvgIpc) is 2.44. The number of halogens is 1. The van der Waals surface area contributed by atoms with Crippen LogP contribution in [0.3, 0.4) is 0 Å². The highest BCUT2D eigenvalue weighted by atomic mass is 35.5. The molecular formula is C16H15ClO3. The lowest BCUT2D eigenvalue weighted by Crippen LogP contribution is -2.10. The van der Waals surface area contributed by atoms with Gasteiger partial charge in [0, 0.05) is 5.02 Å². The summed E-state index contributed by atoms with van der Waals surface area (Å²) < 4.78 is 11.1. The van der Waals surface area contributed by atoms with Crippen molar-refractivity contribution in [2.24, 2.45) is 0 Å². The van der Waals surface area contributed by atoms with Crippen LogP contribution in [-0.2, 0) is 0 Å². The Morgan fingerprint density at radius 3 is 2.55 bits per heavy atom. The van der Waals surface area contributed by atoms with E-state index in [1.54, 1.807) is 24.3 Å². The predicted octanol–water partition coefficient (Wildman–Crippen LogP) is 4.00. The SMILES string of the molecule is CC(=O)c1ccccc1OCCOc1cccc(Cl)c1. The van der Waals surface area contributed by atoms with Gasteiger partial charge in [-0.3, -0.25) is 4.79 Å². The molecule has 0 aliphatic carbocycles. The minimum absolute atomic E-state index is 0.0173. The monoisotopic (exact) mass is 290 g/mol. The van der Waals surface area contributed by atoms with E-state index >= 15 is 0 Å². The molecule has 0 saturated carbocycles. The van der Waals surface area contributed by atoms with Crippen molar-refractivity contribution >= 4 is 17.4 Å². The first kappa shape index (κ1) is 14.4. The van der Waals surface area contributed by atoms with Crippen molar-refractivity contribution in [1.82, 2.24) is 0 Å². The molecule has 0 radical (unpaired) electrons. The lowest BCUT2D eigenvalue weighted by atomic mass is 10.1. The van der Waals surface area contributed by atoms with Gasteiger partial charge in [-0.15, -0.1) is 0 Å². The number of Topliss-reactive ketones (excluding diaryl/α,β-unsaturated/α-hetero) is 1. The summed E-state index contributed by atoms with van der Waals surface area (Å²) in [4.78, 5) is 11.4. The van der Waals surface area contributed by atoms with Crippen molar-refractivity contribution in [3.05, 3.63) is 59.1 Å². The van der Waals surface area contributed by atoms with Gasteiger partial charge in [0.25, 0.3) is 0 Å². The summed E-state index contributed by atoms with van der Waals surface area (Å²) in [6.45, 7) is 2.26. The van der Waals surface area contributed by atoms with E-state index in [-0.39, 0.29) is 5.78 Å². The lowest BCUT2D eigenvalue weighted by molar-refractivity contribution is 0.101. The molecule has 3 nitrogen and oxygen atoms in total. The quantitative estimate of drug-likeness (QED) is 0.596. The number of hydrogen-bond donors (Lipinski definition) is 0. The molecule has 0 saturated heterocycles. The molecule has 2 rings (SSSR count). The third-order valence-electron chi connectivity index (χ3n) is 2.67. The van der Waals surface area contributed by atoms with Gasteiger partial charge in [-0.2, -0.15) is 0 Å². The lowest BCUT2D eigenvalue weighted by Gasteiger charge is -2.10. The van der Waals surface area contributed by atoms with Gasteiger partial charge in [0.05, 0.1) is 5.56 Å². The Labute approximate surface area is 123 Å². The van der Waals surface area contributed by atoms with Crippen molar-refractivity contribution in [3.63, 3.8) is 0 Å². The van der Waals surface area contributed by atoms with Gasteiger partial charge in [0.1, 0.15) is 24.7 Å². The second kappa shape index (κ2) is 6.96. The van der Waals surface area contributed by atoms with Crippen LogP contribution in [0.2, 0.25) is 5.02 Å². The summed E-state index contributed by atoms with van der Waals surface area (Å²) in [7, 11) is 0. The van der Waals surface area contributed by atoms with E-state index in [9.17, 15) is 4.79 Å². The van der Waals surface area contributed by atoms with E-state index in [0.29, 0.717) is 35.3 Å². The van der Waals surface area contributed by atoms with Crippen molar-refractivity contribution in [2.45, 2.75) is 6.92 Å². The molecule has 0 aromatic heterocycles. The van der Waals surface area contributed by atoms with E-state index < -0.39 is 0 Å². The van der Waals surface area contributed by atoms with Crippen LogP contribution in [0.1, 0.15) is 17.3 Å². The summed E-state index contributed by atoms with van der Waals surface area (Å²) in [5.41, 5.74) is 0.579. The summed E-state index contributed by atoms with van der Waals surface area (Å²) in [5.74, 6) is 1.26. The van der Waals surface area contributed by atoms with Gasteiger partial charge in [-0.05, 0) is 37.3 Å². The summed E-state index contributed by atoms with van der Waals surface area (Å²) in [6, 6.07) is 14.3. The maximum Gasteiger partial charge on any atom is 0.163 e. The third kappa shape index (κ3) is 4.00. The molecule has 0 atom stereocenters. The smallest absolute Gasteiger partial charge is 0.163 e. The standard InChI is InChI=1S/C16H15ClO3/c1-12(18)15-7-2-3-8-16(15)20-10-9-19-14-6-4-5-13(17)11-14/h2-8,11H,9-10H2,1H3. The Balaban J connectivity index is 1.86. The van der Waals surface area contributed by atoms with Crippen LogP contribution in [-0.4, -0.2) is 19.0 Å². The first-order valence-electron chi connectivity index (χ1n) is 6.28.